The van der Waals surface area contributed by atoms with E-state index in [0.717, 1.165) is 24.0 Å². The van der Waals surface area contributed by atoms with Gasteiger partial charge in [0.1, 0.15) is 23.7 Å². The van der Waals surface area contributed by atoms with Gasteiger partial charge in [0.2, 0.25) is 0 Å². The number of pyridine rings is 2. The standard InChI is InChI=1S/C26H25Cl2N7O2/c1-14(23-18(27)9-31-10-19(23)28)37-22-5-17-20(6-21(22)36-3)33-34-24(17)16-4-15(7-29)25(32-8-16)35-12-26(2,11-30)13-35/h4-6,8-10,14H,11-13,30H2,1-3H3,(H,33,34)/t14-/m1/s1. The first-order valence-electron chi connectivity index (χ1n) is 11.6. The molecule has 0 spiro atoms. The van der Waals surface area contributed by atoms with E-state index in [4.69, 9.17) is 38.4 Å². The van der Waals surface area contributed by atoms with Crippen molar-refractivity contribution in [2.45, 2.75) is 20.0 Å². The van der Waals surface area contributed by atoms with Gasteiger partial charge in [-0.3, -0.25) is 10.1 Å². The zero-order chi connectivity index (χ0) is 26.3. The number of nitrogens with zero attached hydrogens (tertiary/aromatic N) is 5. The van der Waals surface area contributed by atoms with E-state index in [1.807, 2.05) is 19.1 Å². The molecule has 11 heteroatoms. The van der Waals surface area contributed by atoms with Gasteiger partial charge in [-0.2, -0.15) is 10.4 Å². The third-order valence-corrected chi connectivity index (χ3v) is 7.25. The SMILES string of the molecule is COc1cc2[nH]nc(-c3cnc(N4CC(C)(CN)C4)c(C#N)c3)c2cc1O[C@H](C)c1c(Cl)cncc1Cl. The van der Waals surface area contributed by atoms with Gasteiger partial charge in [0.05, 0.1) is 28.2 Å². The normalized spacial score (nSPS) is 15.2. The van der Waals surface area contributed by atoms with Crippen LogP contribution in [0.15, 0.2) is 36.8 Å². The maximum absolute atomic E-state index is 9.84. The Bertz CT molecular complexity index is 1510. The first kappa shape index (κ1) is 25.1. The van der Waals surface area contributed by atoms with Crippen LogP contribution in [0.4, 0.5) is 5.82 Å². The molecule has 9 nitrogen and oxygen atoms in total. The predicted molar refractivity (Wildman–Crippen MR) is 143 cm³/mol. The van der Waals surface area contributed by atoms with Crippen LogP contribution in [0.1, 0.15) is 31.1 Å². The molecule has 1 aliphatic heterocycles. The van der Waals surface area contributed by atoms with Gasteiger partial charge in [-0.1, -0.05) is 30.1 Å². The van der Waals surface area contributed by atoms with Crippen molar-refractivity contribution in [3.63, 3.8) is 0 Å². The lowest BCUT2D eigenvalue weighted by Gasteiger charge is -2.48. The number of anilines is 1. The molecule has 5 rings (SSSR count). The summed E-state index contributed by atoms with van der Waals surface area (Å²) < 4.78 is 11.8. The van der Waals surface area contributed by atoms with Crippen molar-refractivity contribution in [3.05, 3.63) is 58.0 Å². The zero-order valence-electron chi connectivity index (χ0n) is 20.5. The van der Waals surface area contributed by atoms with Gasteiger partial charge in [-0.15, -0.1) is 0 Å². The Kier molecular flexibility index (Phi) is 6.58. The summed E-state index contributed by atoms with van der Waals surface area (Å²) in [6, 6.07) is 7.73. The average molecular weight is 538 g/mol. The maximum Gasteiger partial charge on any atom is 0.162 e. The maximum atomic E-state index is 9.84. The fourth-order valence-corrected chi connectivity index (χ4v) is 5.30. The number of benzene rings is 1. The minimum absolute atomic E-state index is 0.0444. The summed E-state index contributed by atoms with van der Waals surface area (Å²) in [6.45, 7) is 6.10. The number of nitriles is 1. The van der Waals surface area contributed by atoms with E-state index in [2.05, 4.69) is 38.1 Å². The van der Waals surface area contributed by atoms with Crippen LogP contribution in [0.25, 0.3) is 22.2 Å². The number of nitrogens with two attached hydrogens (primary N) is 1. The third-order valence-electron chi connectivity index (χ3n) is 6.65. The van der Waals surface area contributed by atoms with E-state index >= 15 is 0 Å². The number of aromatic nitrogens is 4. The first-order valence-corrected chi connectivity index (χ1v) is 12.4. The van der Waals surface area contributed by atoms with Gasteiger partial charge in [-0.05, 0) is 19.1 Å². The van der Waals surface area contributed by atoms with Crippen molar-refractivity contribution >= 4 is 39.9 Å². The summed E-state index contributed by atoms with van der Waals surface area (Å²) in [5, 5.41) is 19.0. The number of hydrogen-bond donors (Lipinski definition) is 2. The molecule has 0 amide bonds. The summed E-state index contributed by atoms with van der Waals surface area (Å²) in [4.78, 5) is 10.7. The smallest absolute Gasteiger partial charge is 0.162 e. The minimum Gasteiger partial charge on any atom is -0.493 e. The van der Waals surface area contributed by atoms with Gasteiger partial charge >= 0.3 is 0 Å². The Balaban J connectivity index is 1.50. The Morgan fingerprint density at radius 3 is 2.57 bits per heavy atom. The number of rotatable bonds is 7. The molecule has 0 radical (unpaired) electrons. The number of ether oxygens (including phenoxy) is 2. The van der Waals surface area contributed by atoms with Crippen molar-refractivity contribution in [2.24, 2.45) is 11.1 Å². The molecule has 0 aliphatic carbocycles. The number of methoxy groups -OCH3 is 1. The van der Waals surface area contributed by atoms with Gasteiger partial charge < -0.3 is 20.1 Å². The van der Waals surface area contributed by atoms with Crippen molar-refractivity contribution in [2.75, 3.05) is 31.6 Å². The predicted octanol–water partition coefficient (Wildman–Crippen LogP) is 5.13. The van der Waals surface area contributed by atoms with Crippen molar-refractivity contribution in [1.82, 2.24) is 20.2 Å². The highest BCUT2D eigenvalue weighted by Gasteiger charge is 2.39. The number of nitrogens with one attached hydrogen (secondary N) is 1. The largest absolute Gasteiger partial charge is 0.493 e. The van der Waals surface area contributed by atoms with E-state index in [0.29, 0.717) is 56.3 Å². The van der Waals surface area contributed by atoms with Crippen LogP contribution in [0.5, 0.6) is 11.5 Å². The molecule has 3 N–H and O–H groups in total. The summed E-state index contributed by atoms with van der Waals surface area (Å²) in [6.07, 6.45) is 4.30. The van der Waals surface area contributed by atoms with Crippen LogP contribution in [0, 0.1) is 16.7 Å². The minimum atomic E-state index is -0.480. The molecule has 0 bridgehead atoms. The van der Waals surface area contributed by atoms with Gasteiger partial charge in [0.25, 0.3) is 0 Å². The summed E-state index contributed by atoms with van der Waals surface area (Å²) in [5.41, 5.74) is 9.12. The van der Waals surface area contributed by atoms with Crippen LogP contribution in [-0.4, -0.2) is 46.9 Å². The molecule has 1 aliphatic rings. The quantitative estimate of drug-likeness (QED) is 0.332. The number of fused-ring (bicyclic) bond motifs is 1. The number of hydrogen-bond acceptors (Lipinski definition) is 8. The highest BCUT2D eigenvalue weighted by atomic mass is 35.5. The molecule has 1 atom stereocenters. The number of H-pyrrole nitrogens is 1. The monoisotopic (exact) mass is 537 g/mol. The second kappa shape index (κ2) is 9.71. The lowest BCUT2D eigenvalue weighted by molar-refractivity contribution is 0.216. The molecule has 0 saturated carbocycles. The fraction of sp³-hybridized carbons (Fsp3) is 0.308. The van der Waals surface area contributed by atoms with Crippen molar-refractivity contribution in [3.8, 4) is 28.8 Å². The summed E-state index contributed by atoms with van der Waals surface area (Å²) in [5.74, 6) is 1.66. The number of aromatic amines is 1. The average Bonchev–Trinajstić information content (AvgIpc) is 3.28. The van der Waals surface area contributed by atoms with E-state index in [1.165, 1.54) is 12.4 Å². The van der Waals surface area contributed by atoms with E-state index in [9.17, 15) is 5.26 Å². The Hall–Kier alpha value is -3.58. The molecule has 0 unspecified atom stereocenters. The van der Waals surface area contributed by atoms with Gasteiger partial charge in [0, 0.05) is 66.2 Å². The highest BCUT2D eigenvalue weighted by Crippen LogP contribution is 2.41. The molecule has 1 saturated heterocycles. The zero-order valence-corrected chi connectivity index (χ0v) is 22.1. The second-order valence-corrected chi connectivity index (χ2v) is 10.3. The topological polar surface area (TPSA) is 126 Å². The molecule has 190 valence electrons. The molecule has 1 fully saturated rings. The summed E-state index contributed by atoms with van der Waals surface area (Å²) >= 11 is 12.7. The van der Waals surface area contributed by atoms with Crippen molar-refractivity contribution in [1.29, 1.82) is 5.26 Å². The van der Waals surface area contributed by atoms with E-state index < -0.39 is 6.10 Å². The van der Waals surface area contributed by atoms with E-state index in [-0.39, 0.29) is 5.41 Å². The number of halogens is 2. The molecule has 4 heterocycles. The first-order chi connectivity index (χ1) is 17.8. The molecule has 37 heavy (non-hydrogen) atoms. The van der Waals surface area contributed by atoms with Gasteiger partial charge in [-0.25, -0.2) is 4.98 Å². The van der Waals surface area contributed by atoms with Crippen LogP contribution in [0.2, 0.25) is 10.0 Å². The lowest BCUT2D eigenvalue weighted by atomic mass is 9.82. The Labute approximate surface area is 224 Å². The Morgan fingerprint density at radius 1 is 1.19 bits per heavy atom. The van der Waals surface area contributed by atoms with Gasteiger partial charge in [0.15, 0.2) is 11.5 Å². The second-order valence-electron chi connectivity index (χ2n) is 9.48. The van der Waals surface area contributed by atoms with Crippen LogP contribution in [0.3, 0.4) is 0 Å². The van der Waals surface area contributed by atoms with E-state index in [1.54, 1.807) is 19.4 Å². The third kappa shape index (κ3) is 4.53. The molecule has 1 aromatic carbocycles. The molecule has 3 aromatic heterocycles. The molecular formula is C26H25Cl2N7O2. The molecule has 4 aromatic rings. The van der Waals surface area contributed by atoms with Crippen LogP contribution >= 0.6 is 23.2 Å². The lowest BCUT2D eigenvalue weighted by Crippen LogP contribution is -2.58. The van der Waals surface area contributed by atoms with Crippen molar-refractivity contribution < 1.29 is 9.47 Å². The highest BCUT2D eigenvalue weighted by molar-refractivity contribution is 6.35. The van der Waals surface area contributed by atoms with Crippen LogP contribution in [-0.2, 0) is 0 Å². The fourth-order valence-electron chi connectivity index (χ4n) is 4.63. The Morgan fingerprint density at radius 2 is 1.92 bits per heavy atom. The van der Waals surface area contributed by atoms with Crippen LogP contribution < -0.4 is 20.1 Å². The summed E-state index contributed by atoms with van der Waals surface area (Å²) in [7, 11) is 1.57. The molecular weight excluding hydrogens is 513 g/mol.